The summed E-state index contributed by atoms with van der Waals surface area (Å²) in [7, 11) is 1.58. The van der Waals surface area contributed by atoms with E-state index in [-0.39, 0.29) is 40.6 Å². The zero-order valence-electron chi connectivity index (χ0n) is 15.9. The highest BCUT2D eigenvalue weighted by atomic mass is 16.5. The number of nitrogens with zero attached hydrogens (tertiary/aromatic N) is 2. The molecule has 0 spiro atoms. The van der Waals surface area contributed by atoms with Gasteiger partial charge in [0.05, 0.1) is 12.7 Å². The van der Waals surface area contributed by atoms with Crippen LogP contribution in [0.2, 0.25) is 0 Å². The van der Waals surface area contributed by atoms with Gasteiger partial charge in [-0.1, -0.05) is 32.0 Å². The SMILES string of the molecule is COc1ccccc1CNC(=O)c1c(C)oc2ncn(CC(C)C)c(=O)c12. The third-order valence-electron chi connectivity index (χ3n) is 4.28. The fourth-order valence-electron chi connectivity index (χ4n) is 3.05. The van der Waals surface area contributed by atoms with Gasteiger partial charge in [-0.3, -0.25) is 14.2 Å². The first-order valence-corrected chi connectivity index (χ1v) is 8.81. The molecule has 1 amide bonds. The molecule has 2 aromatic heterocycles. The quantitative estimate of drug-likeness (QED) is 0.722. The summed E-state index contributed by atoms with van der Waals surface area (Å²) in [5, 5.41) is 3.06. The molecule has 0 aliphatic heterocycles. The molecule has 0 radical (unpaired) electrons. The number of ether oxygens (including phenoxy) is 1. The minimum atomic E-state index is -0.377. The van der Waals surface area contributed by atoms with Crippen LogP contribution in [0.25, 0.3) is 11.1 Å². The van der Waals surface area contributed by atoms with Gasteiger partial charge in [-0.05, 0) is 18.9 Å². The number of benzene rings is 1. The van der Waals surface area contributed by atoms with Gasteiger partial charge in [-0.15, -0.1) is 0 Å². The average molecular weight is 369 g/mol. The third kappa shape index (κ3) is 3.72. The summed E-state index contributed by atoms with van der Waals surface area (Å²) in [5.41, 5.74) is 0.984. The van der Waals surface area contributed by atoms with Crippen LogP contribution >= 0.6 is 0 Å². The van der Waals surface area contributed by atoms with Gasteiger partial charge < -0.3 is 14.5 Å². The van der Waals surface area contributed by atoms with Gasteiger partial charge in [0.15, 0.2) is 0 Å². The summed E-state index contributed by atoms with van der Waals surface area (Å²) in [5.74, 6) is 0.957. The van der Waals surface area contributed by atoms with E-state index in [0.29, 0.717) is 18.1 Å². The second-order valence-corrected chi connectivity index (χ2v) is 6.80. The Morgan fingerprint density at radius 1 is 1.33 bits per heavy atom. The number of methoxy groups -OCH3 is 1. The maximum absolute atomic E-state index is 12.8. The minimum absolute atomic E-state index is 0.181. The molecule has 0 aliphatic carbocycles. The van der Waals surface area contributed by atoms with Crippen molar-refractivity contribution in [3.05, 3.63) is 57.8 Å². The van der Waals surface area contributed by atoms with Crippen LogP contribution in [0.15, 0.2) is 39.8 Å². The summed E-state index contributed by atoms with van der Waals surface area (Å²) in [6.07, 6.45) is 1.46. The van der Waals surface area contributed by atoms with Crippen molar-refractivity contribution in [2.75, 3.05) is 7.11 Å². The van der Waals surface area contributed by atoms with Crippen LogP contribution < -0.4 is 15.6 Å². The van der Waals surface area contributed by atoms with Crippen LogP contribution in [0.1, 0.15) is 35.5 Å². The lowest BCUT2D eigenvalue weighted by Gasteiger charge is -2.10. The Morgan fingerprint density at radius 2 is 2.07 bits per heavy atom. The van der Waals surface area contributed by atoms with E-state index in [1.807, 2.05) is 38.1 Å². The molecule has 0 aliphatic rings. The van der Waals surface area contributed by atoms with Gasteiger partial charge >= 0.3 is 0 Å². The van der Waals surface area contributed by atoms with Crippen LogP contribution in [-0.4, -0.2) is 22.6 Å². The molecule has 0 unspecified atom stereocenters. The van der Waals surface area contributed by atoms with E-state index < -0.39 is 0 Å². The first-order valence-electron chi connectivity index (χ1n) is 8.81. The van der Waals surface area contributed by atoms with Gasteiger partial charge in [-0.25, -0.2) is 4.98 Å². The van der Waals surface area contributed by atoms with Crippen molar-refractivity contribution >= 4 is 17.0 Å². The monoisotopic (exact) mass is 369 g/mol. The fourth-order valence-corrected chi connectivity index (χ4v) is 3.05. The topological polar surface area (TPSA) is 86.4 Å². The summed E-state index contributed by atoms with van der Waals surface area (Å²) >= 11 is 0. The number of para-hydroxylation sites is 1. The summed E-state index contributed by atoms with van der Waals surface area (Å²) in [4.78, 5) is 29.9. The minimum Gasteiger partial charge on any atom is -0.496 e. The Hall–Kier alpha value is -3.09. The lowest BCUT2D eigenvalue weighted by Crippen LogP contribution is -2.27. The van der Waals surface area contributed by atoms with Crippen molar-refractivity contribution in [2.24, 2.45) is 5.92 Å². The van der Waals surface area contributed by atoms with Gasteiger partial charge in [0.2, 0.25) is 5.71 Å². The molecule has 0 saturated heterocycles. The van der Waals surface area contributed by atoms with E-state index in [0.717, 1.165) is 5.56 Å². The number of carbonyl (C=O) groups is 1. The molecule has 142 valence electrons. The van der Waals surface area contributed by atoms with Crippen molar-refractivity contribution in [1.29, 1.82) is 0 Å². The molecule has 0 bridgehead atoms. The summed E-state index contributed by atoms with van der Waals surface area (Å²) < 4.78 is 12.4. The predicted octanol–water partition coefficient (Wildman–Crippen LogP) is 2.89. The Labute approximate surface area is 157 Å². The summed E-state index contributed by atoms with van der Waals surface area (Å²) in [6.45, 7) is 6.48. The maximum Gasteiger partial charge on any atom is 0.265 e. The Morgan fingerprint density at radius 3 is 2.78 bits per heavy atom. The summed E-state index contributed by atoms with van der Waals surface area (Å²) in [6, 6.07) is 7.43. The van der Waals surface area contributed by atoms with Crippen molar-refractivity contribution in [2.45, 2.75) is 33.9 Å². The van der Waals surface area contributed by atoms with E-state index in [1.54, 1.807) is 14.0 Å². The smallest absolute Gasteiger partial charge is 0.265 e. The molecule has 7 heteroatoms. The number of hydrogen-bond donors (Lipinski definition) is 1. The lowest BCUT2D eigenvalue weighted by molar-refractivity contribution is 0.0950. The van der Waals surface area contributed by atoms with Crippen LogP contribution in [0.4, 0.5) is 0 Å². The standard InChI is InChI=1S/C20H23N3O4/c1-12(2)10-23-11-22-19-17(20(23)25)16(13(3)27-19)18(24)21-9-14-7-5-6-8-15(14)26-4/h5-8,11-12H,9-10H2,1-4H3,(H,21,24). The van der Waals surface area contributed by atoms with Crippen molar-refractivity contribution in [1.82, 2.24) is 14.9 Å². The molecular weight excluding hydrogens is 346 g/mol. The molecule has 27 heavy (non-hydrogen) atoms. The highest BCUT2D eigenvalue weighted by Gasteiger charge is 2.23. The molecular formula is C20H23N3O4. The Balaban J connectivity index is 1.94. The van der Waals surface area contributed by atoms with Crippen molar-refractivity contribution in [3.8, 4) is 5.75 Å². The number of aromatic nitrogens is 2. The zero-order valence-corrected chi connectivity index (χ0v) is 15.9. The number of fused-ring (bicyclic) bond motifs is 1. The highest BCUT2D eigenvalue weighted by Crippen LogP contribution is 2.22. The first kappa shape index (κ1) is 18.7. The number of aryl methyl sites for hydroxylation is 1. The Kier molecular flexibility index (Phi) is 5.30. The molecule has 3 rings (SSSR count). The molecule has 2 heterocycles. The van der Waals surface area contributed by atoms with Crippen molar-refractivity contribution in [3.63, 3.8) is 0 Å². The number of amides is 1. The largest absolute Gasteiger partial charge is 0.496 e. The van der Waals surface area contributed by atoms with E-state index in [1.165, 1.54) is 10.9 Å². The molecule has 7 nitrogen and oxygen atoms in total. The zero-order chi connectivity index (χ0) is 19.6. The van der Waals surface area contributed by atoms with Crippen LogP contribution in [0.5, 0.6) is 5.75 Å². The molecule has 3 aromatic rings. The third-order valence-corrected chi connectivity index (χ3v) is 4.28. The number of carbonyl (C=O) groups excluding carboxylic acids is 1. The molecule has 0 atom stereocenters. The van der Waals surface area contributed by atoms with Crippen LogP contribution in [-0.2, 0) is 13.1 Å². The van der Waals surface area contributed by atoms with E-state index in [4.69, 9.17) is 9.15 Å². The van der Waals surface area contributed by atoms with Gasteiger partial charge in [0, 0.05) is 18.7 Å². The van der Waals surface area contributed by atoms with Crippen molar-refractivity contribution < 1.29 is 13.9 Å². The predicted molar refractivity (Wildman–Crippen MR) is 102 cm³/mol. The van der Waals surface area contributed by atoms with E-state index in [9.17, 15) is 9.59 Å². The molecule has 0 fully saturated rings. The van der Waals surface area contributed by atoms with E-state index in [2.05, 4.69) is 10.3 Å². The molecule has 1 N–H and O–H groups in total. The van der Waals surface area contributed by atoms with Crippen LogP contribution in [0.3, 0.4) is 0 Å². The number of hydrogen-bond acceptors (Lipinski definition) is 5. The van der Waals surface area contributed by atoms with Gasteiger partial charge in [0.25, 0.3) is 11.5 Å². The fraction of sp³-hybridized carbons (Fsp3) is 0.350. The Bertz CT molecular complexity index is 1030. The first-order chi connectivity index (χ1) is 12.9. The normalized spacial score (nSPS) is 11.1. The van der Waals surface area contributed by atoms with Crippen LogP contribution in [0, 0.1) is 12.8 Å². The number of furan rings is 1. The average Bonchev–Trinajstić information content (AvgIpc) is 2.99. The van der Waals surface area contributed by atoms with Gasteiger partial charge in [0.1, 0.15) is 23.2 Å². The molecule has 1 aromatic carbocycles. The number of nitrogens with one attached hydrogen (secondary N) is 1. The number of rotatable bonds is 6. The second kappa shape index (κ2) is 7.65. The second-order valence-electron chi connectivity index (χ2n) is 6.80. The lowest BCUT2D eigenvalue weighted by atomic mass is 10.1. The maximum atomic E-state index is 12.8. The molecule has 0 saturated carbocycles. The van der Waals surface area contributed by atoms with E-state index >= 15 is 0 Å². The van der Waals surface area contributed by atoms with Gasteiger partial charge in [-0.2, -0.15) is 0 Å². The highest BCUT2D eigenvalue weighted by molar-refractivity contribution is 6.06.